The summed E-state index contributed by atoms with van der Waals surface area (Å²) < 4.78 is 0. The number of thiazole rings is 1. The van der Waals surface area contributed by atoms with Gasteiger partial charge in [-0.1, -0.05) is 0 Å². The molecule has 1 aromatic heterocycles. The van der Waals surface area contributed by atoms with Crippen molar-refractivity contribution in [3.8, 4) is 0 Å². The Morgan fingerprint density at radius 3 is 3.00 bits per heavy atom. The third-order valence-corrected chi connectivity index (χ3v) is 2.57. The molecule has 1 aromatic rings. The summed E-state index contributed by atoms with van der Waals surface area (Å²) in [6.45, 7) is 0.405. The molecule has 0 aromatic carbocycles. The molecule has 5 heteroatoms. The molecule has 3 N–H and O–H groups in total. The number of aliphatic carboxylic acids is 1. The molecule has 0 aliphatic carbocycles. The Labute approximate surface area is 80.4 Å². The summed E-state index contributed by atoms with van der Waals surface area (Å²) in [5.41, 5.74) is 5.32. The quantitative estimate of drug-likeness (QED) is 0.734. The maximum atomic E-state index is 10.7. The zero-order valence-electron chi connectivity index (χ0n) is 7.14. The fourth-order valence-corrected chi connectivity index (χ4v) is 1.78. The van der Waals surface area contributed by atoms with Crippen molar-refractivity contribution in [3.05, 3.63) is 16.6 Å². The lowest BCUT2D eigenvalue weighted by Gasteiger charge is -2.07. The summed E-state index contributed by atoms with van der Waals surface area (Å²) in [6, 6.07) is 0. The van der Waals surface area contributed by atoms with Gasteiger partial charge in [0.2, 0.25) is 0 Å². The molecular formula is C8H12N2O2S. The van der Waals surface area contributed by atoms with E-state index in [0.717, 1.165) is 5.01 Å². The fourth-order valence-electron chi connectivity index (χ4n) is 1.08. The second-order valence-corrected chi connectivity index (χ2v) is 3.72. The van der Waals surface area contributed by atoms with E-state index in [9.17, 15) is 4.79 Å². The number of hydrogen-bond acceptors (Lipinski definition) is 4. The van der Waals surface area contributed by atoms with Gasteiger partial charge in [0.05, 0.1) is 10.9 Å². The topological polar surface area (TPSA) is 76.2 Å². The summed E-state index contributed by atoms with van der Waals surface area (Å²) in [6.07, 6.45) is 2.68. The van der Waals surface area contributed by atoms with E-state index in [4.69, 9.17) is 10.8 Å². The van der Waals surface area contributed by atoms with Crippen LogP contribution in [0.5, 0.6) is 0 Å². The van der Waals surface area contributed by atoms with Gasteiger partial charge in [0.15, 0.2) is 0 Å². The number of carboxylic acid groups (broad SMARTS) is 1. The molecule has 1 atom stereocenters. The van der Waals surface area contributed by atoms with Crippen LogP contribution in [0.15, 0.2) is 11.6 Å². The number of hydrogen-bond donors (Lipinski definition) is 2. The first-order chi connectivity index (χ1) is 6.24. The van der Waals surface area contributed by atoms with Gasteiger partial charge in [0.25, 0.3) is 0 Å². The molecule has 1 heterocycles. The standard InChI is InChI=1S/C8H12N2O2S/c9-2-1-6(8(11)12)5-7-10-3-4-13-7/h3-4,6H,1-2,5,9H2,(H,11,12). The molecule has 1 unspecified atom stereocenters. The summed E-state index contributed by atoms with van der Waals surface area (Å²) in [7, 11) is 0. The smallest absolute Gasteiger partial charge is 0.306 e. The lowest BCUT2D eigenvalue weighted by molar-refractivity contribution is -0.141. The third kappa shape index (κ3) is 3.12. The van der Waals surface area contributed by atoms with Crippen LogP contribution in [0.2, 0.25) is 0 Å². The van der Waals surface area contributed by atoms with E-state index < -0.39 is 11.9 Å². The molecule has 0 saturated heterocycles. The maximum absolute atomic E-state index is 10.7. The van der Waals surface area contributed by atoms with Gasteiger partial charge in [0, 0.05) is 18.0 Å². The largest absolute Gasteiger partial charge is 0.481 e. The average molecular weight is 200 g/mol. The van der Waals surface area contributed by atoms with Crippen LogP contribution < -0.4 is 5.73 Å². The second kappa shape index (κ2) is 4.94. The summed E-state index contributed by atoms with van der Waals surface area (Å²) in [5.74, 6) is -1.18. The molecule has 0 fully saturated rings. The minimum absolute atomic E-state index is 0.392. The highest BCUT2D eigenvalue weighted by Crippen LogP contribution is 2.14. The van der Waals surface area contributed by atoms with Crippen molar-refractivity contribution >= 4 is 17.3 Å². The van der Waals surface area contributed by atoms with Gasteiger partial charge in [-0.25, -0.2) is 4.98 Å². The molecule has 0 radical (unpaired) electrons. The Morgan fingerprint density at radius 1 is 1.77 bits per heavy atom. The van der Waals surface area contributed by atoms with E-state index in [2.05, 4.69) is 4.98 Å². The van der Waals surface area contributed by atoms with Gasteiger partial charge < -0.3 is 10.8 Å². The Kier molecular flexibility index (Phi) is 3.85. The van der Waals surface area contributed by atoms with Crippen LogP contribution in [-0.2, 0) is 11.2 Å². The molecule has 0 saturated carbocycles. The van der Waals surface area contributed by atoms with Crippen LogP contribution in [0.4, 0.5) is 0 Å². The van der Waals surface area contributed by atoms with Crippen LogP contribution in [0.25, 0.3) is 0 Å². The average Bonchev–Trinajstić information content (AvgIpc) is 2.56. The van der Waals surface area contributed by atoms with Crippen LogP contribution in [0.1, 0.15) is 11.4 Å². The minimum atomic E-state index is -0.791. The monoisotopic (exact) mass is 200 g/mol. The predicted octanol–water partition coefficient (Wildman–Crippen LogP) is 0.735. The van der Waals surface area contributed by atoms with Crippen molar-refractivity contribution in [2.24, 2.45) is 11.7 Å². The predicted molar refractivity (Wildman–Crippen MR) is 50.6 cm³/mol. The molecule has 1 rings (SSSR count). The highest BCUT2D eigenvalue weighted by Gasteiger charge is 2.17. The molecule has 0 aliphatic heterocycles. The van der Waals surface area contributed by atoms with Crippen molar-refractivity contribution in [1.82, 2.24) is 4.98 Å². The first-order valence-corrected chi connectivity index (χ1v) is 4.93. The normalized spacial score (nSPS) is 12.7. The Balaban J connectivity index is 2.52. The lowest BCUT2D eigenvalue weighted by atomic mass is 10.0. The van der Waals surface area contributed by atoms with Crippen LogP contribution >= 0.6 is 11.3 Å². The van der Waals surface area contributed by atoms with E-state index in [0.29, 0.717) is 19.4 Å². The Morgan fingerprint density at radius 2 is 2.54 bits per heavy atom. The van der Waals surface area contributed by atoms with Crippen LogP contribution in [0, 0.1) is 5.92 Å². The number of aromatic nitrogens is 1. The summed E-state index contributed by atoms with van der Waals surface area (Å²) in [4.78, 5) is 14.8. The molecule has 0 aliphatic rings. The second-order valence-electron chi connectivity index (χ2n) is 2.74. The Hall–Kier alpha value is -0.940. The highest BCUT2D eigenvalue weighted by atomic mass is 32.1. The molecular weight excluding hydrogens is 188 g/mol. The van der Waals surface area contributed by atoms with E-state index in [1.807, 2.05) is 5.38 Å². The molecule has 13 heavy (non-hydrogen) atoms. The van der Waals surface area contributed by atoms with Gasteiger partial charge in [-0.3, -0.25) is 4.79 Å². The van der Waals surface area contributed by atoms with E-state index in [-0.39, 0.29) is 0 Å². The number of carboxylic acids is 1. The number of nitrogens with two attached hydrogens (primary N) is 1. The van der Waals surface area contributed by atoms with Gasteiger partial charge >= 0.3 is 5.97 Å². The molecule has 0 spiro atoms. The fraction of sp³-hybridized carbons (Fsp3) is 0.500. The minimum Gasteiger partial charge on any atom is -0.481 e. The van der Waals surface area contributed by atoms with Crippen molar-refractivity contribution < 1.29 is 9.90 Å². The SMILES string of the molecule is NCCC(Cc1nccs1)C(=O)O. The number of carbonyl (C=O) groups is 1. The third-order valence-electron chi connectivity index (χ3n) is 1.77. The first kappa shape index (κ1) is 10.1. The van der Waals surface area contributed by atoms with Gasteiger partial charge in [-0.15, -0.1) is 11.3 Å². The lowest BCUT2D eigenvalue weighted by Crippen LogP contribution is -2.20. The van der Waals surface area contributed by atoms with Crippen LogP contribution in [0.3, 0.4) is 0 Å². The van der Waals surface area contributed by atoms with E-state index >= 15 is 0 Å². The Bertz CT molecular complexity index is 261. The summed E-state index contributed by atoms with van der Waals surface area (Å²) in [5, 5.41) is 11.5. The van der Waals surface area contributed by atoms with Crippen molar-refractivity contribution in [3.63, 3.8) is 0 Å². The van der Waals surface area contributed by atoms with E-state index in [1.54, 1.807) is 6.20 Å². The summed E-state index contributed by atoms with van der Waals surface area (Å²) >= 11 is 1.48. The van der Waals surface area contributed by atoms with Crippen LogP contribution in [-0.4, -0.2) is 22.6 Å². The van der Waals surface area contributed by atoms with Gasteiger partial charge in [-0.05, 0) is 13.0 Å². The molecule has 4 nitrogen and oxygen atoms in total. The van der Waals surface area contributed by atoms with E-state index in [1.165, 1.54) is 11.3 Å². The number of rotatable bonds is 5. The van der Waals surface area contributed by atoms with Crippen molar-refractivity contribution in [2.45, 2.75) is 12.8 Å². The maximum Gasteiger partial charge on any atom is 0.306 e. The van der Waals surface area contributed by atoms with Crippen molar-refractivity contribution in [2.75, 3.05) is 6.54 Å². The molecule has 72 valence electrons. The first-order valence-electron chi connectivity index (χ1n) is 4.05. The van der Waals surface area contributed by atoms with Gasteiger partial charge in [-0.2, -0.15) is 0 Å². The molecule has 0 amide bonds. The zero-order valence-corrected chi connectivity index (χ0v) is 7.96. The highest BCUT2D eigenvalue weighted by molar-refractivity contribution is 7.09. The zero-order chi connectivity index (χ0) is 9.68. The van der Waals surface area contributed by atoms with Crippen molar-refractivity contribution in [1.29, 1.82) is 0 Å². The molecule has 0 bridgehead atoms. The number of nitrogens with zero attached hydrogens (tertiary/aromatic N) is 1. The van der Waals surface area contributed by atoms with Gasteiger partial charge in [0.1, 0.15) is 0 Å².